The highest BCUT2D eigenvalue weighted by Crippen LogP contribution is 2.57. The third-order valence-corrected chi connectivity index (χ3v) is 20.9. The van der Waals surface area contributed by atoms with Crippen LogP contribution < -0.4 is 10.4 Å². The summed E-state index contributed by atoms with van der Waals surface area (Å²) in [6, 6.07) is 35.1. The van der Waals surface area contributed by atoms with Crippen LogP contribution in [0.15, 0.2) is 84.9 Å². The molecule has 0 saturated carbocycles. The molecule has 356 valence electrons. The molecule has 67 heavy (non-hydrogen) atoms. The minimum Gasteiger partial charge on any atom is -0.172 e. The van der Waals surface area contributed by atoms with Crippen molar-refractivity contribution in [1.29, 1.82) is 0 Å². The first-order valence-electron chi connectivity index (χ1n) is 27.2. The first-order valence-corrected chi connectivity index (χ1v) is 34.9. The van der Waals surface area contributed by atoms with Crippen molar-refractivity contribution in [2.45, 2.75) is 206 Å². The van der Waals surface area contributed by atoms with Crippen LogP contribution in [0, 0.1) is 0 Å². The van der Waals surface area contributed by atoms with E-state index in [-0.39, 0.29) is 10.8 Å². The van der Waals surface area contributed by atoms with Crippen molar-refractivity contribution in [2.24, 2.45) is 0 Å². The number of rotatable bonds is 24. The van der Waals surface area contributed by atoms with E-state index in [0.29, 0.717) is 0 Å². The van der Waals surface area contributed by atoms with Crippen LogP contribution in [0.5, 0.6) is 0 Å². The fourth-order valence-electron chi connectivity index (χ4n) is 12.3. The Bertz CT molecular complexity index is 2440. The van der Waals surface area contributed by atoms with Gasteiger partial charge >= 0.3 is 0 Å². The fourth-order valence-corrected chi connectivity index (χ4v) is 15.2. The van der Waals surface area contributed by atoms with Gasteiger partial charge in [0, 0.05) is 22.0 Å². The number of unbranched alkanes of at least 4 members (excludes halogenated alkanes) is 12. The first kappa shape index (κ1) is 49.8. The highest BCUT2D eigenvalue weighted by atomic mass is 32.1. The molecular weight excluding hydrogens is 861 g/mol. The van der Waals surface area contributed by atoms with Crippen LogP contribution in [-0.4, -0.2) is 24.9 Å². The quantitative estimate of drug-likeness (QED) is 0.0446. The Balaban J connectivity index is 1.23. The standard InChI is InChI=1S/C62H84N2SSi2/c1-11-15-19-23-37-61(38-24-20-16-12-2)55-41-45(27-31-51(55)53-33-29-47(43-57(53)61)66(5,6)7)49-35-36-50(60-59(49)63-65-64-60)46-28-32-52-54-34-30-48(67(8,9)10)44-58(54)62(56(52)42-46,39-25-21-17-13-3)40-26-22-18-14-4/h27-36,41-44H,11-26,37-40H2,1-10H3. The van der Waals surface area contributed by atoms with Gasteiger partial charge in [-0.05, 0) is 93.5 Å². The summed E-state index contributed by atoms with van der Waals surface area (Å²) in [5, 5.41) is 3.18. The predicted octanol–water partition coefficient (Wildman–Crippen LogP) is 18.5. The molecule has 0 amide bonds. The molecule has 1 heterocycles. The maximum atomic E-state index is 5.15. The van der Waals surface area contributed by atoms with Crippen molar-refractivity contribution >= 4 is 49.3 Å². The van der Waals surface area contributed by atoms with E-state index in [1.165, 1.54) is 185 Å². The van der Waals surface area contributed by atoms with E-state index in [2.05, 4.69) is 152 Å². The van der Waals surface area contributed by atoms with Gasteiger partial charge < -0.3 is 0 Å². The van der Waals surface area contributed by atoms with Crippen LogP contribution in [0.25, 0.3) is 55.5 Å². The van der Waals surface area contributed by atoms with Crippen LogP contribution in [0.1, 0.15) is 178 Å². The molecule has 8 rings (SSSR count). The molecule has 0 fully saturated rings. The van der Waals surface area contributed by atoms with Gasteiger partial charge in [0.2, 0.25) is 0 Å². The van der Waals surface area contributed by atoms with Crippen molar-refractivity contribution in [3.8, 4) is 44.5 Å². The Morgan fingerprint density at radius 2 is 0.657 bits per heavy atom. The number of aromatic nitrogens is 2. The lowest BCUT2D eigenvalue weighted by molar-refractivity contribution is 0.401. The molecule has 5 heteroatoms. The van der Waals surface area contributed by atoms with E-state index >= 15 is 0 Å². The lowest BCUT2D eigenvalue weighted by Crippen LogP contribution is -2.38. The third-order valence-electron chi connectivity index (χ3n) is 16.3. The minimum atomic E-state index is -1.52. The van der Waals surface area contributed by atoms with Crippen molar-refractivity contribution in [1.82, 2.24) is 8.75 Å². The molecule has 0 N–H and O–H groups in total. The summed E-state index contributed by atoms with van der Waals surface area (Å²) < 4.78 is 10.3. The molecule has 0 atom stereocenters. The van der Waals surface area contributed by atoms with Gasteiger partial charge in [-0.3, -0.25) is 0 Å². The van der Waals surface area contributed by atoms with Crippen LogP contribution in [0.3, 0.4) is 0 Å². The first-order chi connectivity index (χ1) is 32.3. The molecule has 0 aliphatic heterocycles. The van der Waals surface area contributed by atoms with Gasteiger partial charge in [-0.25, -0.2) is 0 Å². The maximum Gasteiger partial charge on any atom is 0.113 e. The normalized spacial score (nSPS) is 14.7. The highest BCUT2D eigenvalue weighted by molar-refractivity contribution is 7.00. The van der Waals surface area contributed by atoms with Gasteiger partial charge in [0.15, 0.2) is 0 Å². The van der Waals surface area contributed by atoms with Crippen LogP contribution in [-0.2, 0) is 10.8 Å². The Morgan fingerprint density at radius 3 is 0.970 bits per heavy atom. The van der Waals surface area contributed by atoms with Crippen molar-refractivity contribution in [3.63, 3.8) is 0 Å². The summed E-state index contributed by atoms with van der Waals surface area (Å²) in [6.45, 7) is 24.5. The molecular formula is C62H84N2SSi2. The molecule has 0 saturated heterocycles. The smallest absolute Gasteiger partial charge is 0.113 e. The lowest BCUT2D eigenvalue weighted by atomic mass is 9.70. The Morgan fingerprint density at radius 1 is 0.358 bits per heavy atom. The van der Waals surface area contributed by atoms with Crippen molar-refractivity contribution in [3.05, 3.63) is 107 Å². The second-order valence-corrected chi connectivity index (χ2v) is 33.8. The molecule has 1 aromatic heterocycles. The number of fused-ring (bicyclic) bond motifs is 7. The van der Waals surface area contributed by atoms with Crippen molar-refractivity contribution < 1.29 is 0 Å². The zero-order chi connectivity index (χ0) is 47.4. The average molecular weight is 946 g/mol. The number of nitrogens with zero attached hydrogens (tertiary/aromatic N) is 2. The summed E-state index contributed by atoms with van der Waals surface area (Å²) in [6.07, 6.45) is 25.6. The summed E-state index contributed by atoms with van der Waals surface area (Å²) in [5.74, 6) is 0. The molecule has 0 radical (unpaired) electrons. The Labute approximate surface area is 413 Å². The second kappa shape index (κ2) is 21.1. The van der Waals surface area contributed by atoms with Gasteiger partial charge in [0.25, 0.3) is 0 Å². The molecule has 5 aromatic carbocycles. The molecule has 6 aromatic rings. The predicted molar refractivity (Wildman–Crippen MR) is 302 cm³/mol. The SMILES string of the molecule is CCCCCCC1(CCCCCC)c2cc(-c3ccc(-c4ccc5c(c4)C(CCCCCC)(CCCCCC)c4cc([Si](C)(C)C)ccc4-5)c4nsnc34)ccc2-c2ccc([Si](C)(C)C)cc21. The van der Waals surface area contributed by atoms with Gasteiger partial charge in [-0.2, -0.15) is 8.75 Å². The minimum absolute atomic E-state index is 0.0363. The molecule has 2 aliphatic rings. The lowest BCUT2D eigenvalue weighted by Gasteiger charge is -2.34. The summed E-state index contributed by atoms with van der Waals surface area (Å²) in [7, 11) is -3.04. The van der Waals surface area contributed by atoms with E-state index in [1.54, 1.807) is 32.6 Å². The monoisotopic (exact) mass is 945 g/mol. The topological polar surface area (TPSA) is 25.8 Å². The Kier molecular flexibility index (Phi) is 15.7. The second-order valence-electron chi connectivity index (χ2n) is 23.1. The molecule has 0 spiro atoms. The zero-order valence-electron chi connectivity index (χ0n) is 43.5. The average Bonchev–Trinajstić information content (AvgIpc) is 3.99. The van der Waals surface area contributed by atoms with Crippen LogP contribution >= 0.6 is 11.7 Å². The van der Waals surface area contributed by atoms with E-state index < -0.39 is 16.1 Å². The number of hydrogen-bond acceptors (Lipinski definition) is 3. The van der Waals surface area contributed by atoms with Crippen LogP contribution in [0.2, 0.25) is 39.3 Å². The molecule has 0 bridgehead atoms. The summed E-state index contributed by atoms with van der Waals surface area (Å²) in [5.41, 5.74) is 19.4. The molecule has 2 aliphatic carbocycles. The number of benzene rings is 5. The molecule has 2 nitrogen and oxygen atoms in total. The van der Waals surface area contributed by atoms with Gasteiger partial charge in [-0.15, -0.1) is 0 Å². The highest BCUT2D eigenvalue weighted by Gasteiger charge is 2.45. The van der Waals surface area contributed by atoms with E-state index in [9.17, 15) is 0 Å². The van der Waals surface area contributed by atoms with Gasteiger partial charge in [0.05, 0.1) is 27.9 Å². The third kappa shape index (κ3) is 9.91. The van der Waals surface area contributed by atoms with E-state index in [1.807, 2.05) is 0 Å². The van der Waals surface area contributed by atoms with Crippen molar-refractivity contribution in [2.75, 3.05) is 0 Å². The summed E-state index contributed by atoms with van der Waals surface area (Å²) >= 11 is 1.38. The Hall–Kier alpha value is -3.65. The largest absolute Gasteiger partial charge is 0.172 e. The van der Waals surface area contributed by atoms with E-state index in [4.69, 9.17) is 8.75 Å². The van der Waals surface area contributed by atoms with E-state index in [0.717, 1.165) is 11.0 Å². The molecule has 0 unspecified atom stereocenters. The summed E-state index contributed by atoms with van der Waals surface area (Å²) in [4.78, 5) is 0. The van der Waals surface area contributed by atoms with Gasteiger partial charge in [0.1, 0.15) is 11.0 Å². The zero-order valence-corrected chi connectivity index (χ0v) is 46.3. The van der Waals surface area contributed by atoms with Crippen LogP contribution in [0.4, 0.5) is 0 Å². The maximum absolute atomic E-state index is 5.15. The fraction of sp³-hybridized carbons (Fsp3) is 0.516. The van der Waals surface area contributed by atoms with Gasteiger partial charge in [-0.1, -0.05) is 253 Å². The number of hydrogen-bond donors (Lipinski definition) is 0.